The summed E-state index contributed by atoms with van der Waals surface area (Å²) in [6.45, 7) is -0.559. The highest BCUT2D eigenvalue weighted by Crippen LogP contribution is 2.31. The van der Waals surface area contributed by atoms with E-state index >= 15 is 0 Å². The van der Waals surface area contributed by atoms with E-state index in [2.05, 4.69) is 0 Å². The first-order chi connectivity index (χ1) is 14.9. The van der Waals surface area contributed by atoms with E-state index in [1.54, 1.807) is 0 Å². The number of hydrogen-bond acceptors (Lipinski definition) is 4. The molecule has 3 atom stereocenters. The predicted molar refractivity (Wildman–Crippen MR) is 95.2 cm³/mol. The van der Waals surface area contributed by atoms with Crippen LogP contribution in [0.4, 0.5) is 4.79 Å². The molecule has 0 saturated carbocycles. The molecule has 3 unspecified atom stereocenters. The van der Waals surface area contributed by atoms with Crippen molar-refractivity contribution in [1.82, 2.24) is 15.5 Å². The Hall–Kier alpha value is -1.79. The number of hydrogen-bond donors (Lipinski definition) is 2. The number of piperidine rings is 1. The number of rotatable bonds is 1. The SMILES string of the molecule is [2H]C1CC2(N([2H])C(=O)C([2H])(c3ccc(Cl)cc3)N2[2H])C([2H])([2H])C([2H])([2H])N1C(=O)OC(C)(C)C. The fourth-order valence-corrected chi connectivity index (χ4v) is 2.44. The third-order valence-electron chi connectivity index (χ3n) is 3.43. The summed E-state index contributed by atoms with van der Waals surface area (Å²) < 4.78 is 73.4. The third-order valence-corrected chi connectivity index (χ3v) is 3.68. The average Bonchev–Trinajstić information content (AvgIpc) is 2.80. The molecule has 0 bridgehead atoms. The number of amides is 2. The lowest BCUT2D eigenvalue weighted by molar-refractivity contribution is -0.121. The molecule has 1 spiro atoms. The molecule has 1 aromatic rings. The van der Waals surface area contributed by atoms with Crippen LogP contribution >= 0.6 is 11.6 Å². The van der Waals surface area contributed by atoms with Crippen molar-refractivity contribution in [2.75, 3.05) is 13.0 Å². The Balaban J connectivity index is 2.15. The second kappa shape index (κ2) is 6.50. The van der Waals surface area contributed by atoms with E-state index in [1.807, 2.05) is 0 Å². The second-order valence-corrected chi connectivity index (χ2v) is 7.11. The largest absolute Gasteiger partial charge is 0.444 e. The molecule has 2 N–H and O–H groups in total. The summed E-state index contributed by atoms with van der Waals surface area (Å²) in [6, 6.07) is 2.66. The van der Waals surface area contributed by atoms with Gasteiger partial charge in [0.15, 0.2) is 1.41 Å². The van der Waals surface area contributed by atoms with Crippen LogP contribution in [-0.4, -0.2) is 41.2 Å². The Kier molecular flexibility index (Phi) is 2.70. The minimum atomic E-state index is -3.29. The molecule has 25 heavy (non-hydrogen) atoms. The van der Waals surface area contributed by atoms with Gasteiger partial charge in [0.25, 0.3) is 0 Å². The van der Waals surface area contributed by atoms with Gasteiger partial charge in [-0.1, -0.05) is 23.7 Å². The minimum Gasteiger partial charge on any atom is -0.444 e. The maximum Gasteiger partial charge on any atom is 0.410 e. The number of ether oxygens (including phenoxy) is 1. The lowest BCUT2D eigenvalue weighted by Gasteiger charge is -2.39. The highest BCUT2D eigenvalue weighted by Gasteiger charge is 2.46. The molecule has 2 amide bonds. The Morgan fingerprint density at radius 1 is 1.48 bits per heavy atom. The van der Waals surface area contributed by atoms with Gasteiger partial charge in [-0.25, -0.2) is 4.79 Å². The molecular formula is C18H24ClN3O3. The summed E-state index contributed by atoms with van der Waals surface area (Å²) in [6.07, 6.45) is -5.42. The van der Waals surface area contributed by atoms with Crippen molar-refractivity contribution >= 4 is 23.6 Å². The molecule has 2 saturated heterocycles. The number of nitrogens with one attached hydrogen (secondary N) is 2. The van der Waals surface area contributed by atoms with Gasteiger partial charge in [-0.05, 0) is 38.5 Å². The first-order valence-corrected chi connectivity index (χ1v) is 8.07. The van der Waals surface area contributed by atoms with E-state index in [9.17, 15) is 9.59 Å². The van der Waals surface area contributed by atoms with Crippen molar-refractivity contribution in [2.24, 2.45) is 0 Å². The van der Waals surface area contributed by atoms with Crippen LogP contribution < -0.4 is 10.6 Å². The van der Waals surface area contributed by atoms with Crippen LogP contribution in [0.1, 0.15) is 53.4 Å². The van der Waals surface area contributed by atoms with Crippen LogP contribution in [0.5, 0.6) is 0 Å². The zero-order valence-electron chi connectivity index (χ0n) is 22.0. The average molecular weight is 374 g/mol. The Bertz CT molecular complexity index is 976. The molecule has 2 aliphatic rings. The van der Waals surface area contributed by atoms with Crippen molar-refractivity contribution in [3.05, 3.63) is 34.9 Å². The molecule has 0 aromatic heterocycles. The summed E-state index contributed by atoms with van der Waals surface area (Å²) in [7, 11) is 0. The van der Waals surface area contributed by atoms with E-state index in [1.165, 1.54) is 45.0 Å². The maximum atomic E-state index is 13.1. The van der Waals surface area contributed by atoms with Crippen LogP contribution in [0.15, 0.2) is 24.3 Å². The fourth-order valence-electron chi connectivity index (χ4n) is 2.32. The number of halogens is 1. The van der Waals surface area contributed by atoms with Gasteiger partial charge in [-0.2, -0.15) is 0 Å². The molecule has 7 heteroatoms. The summed E-state index contributed by atoms with van der Waals surface area (Å²) >= 11 is 5.86. The number of carbonyl (C=O) groups excluding carboxylic acids is 2. The number of nitrogens with zero attached hydrogens (tertiary/aromatic N) is 1. The van der Waals surface area contributed by atoms with Gasteiger partial charge in [0.2, 0.25) is 5.91 Å². The Labute approximate surface area is 164 Å². The van der Waals surface area contributed by atoms with Crippen molar-refractivity contribution < 1.29 is 25.4 Å². The van der Waals surface area contributed by atoms with Crippen LogP contribution in [-0.2, 0) is 9.53 Å². The van der Waals surface area contributed by atoms with Gasteiger partial charge in [0, 0.05) is 37.7 Å². The second-order valence-electron chi connectivity index (χ2n) is 6.67. The monoisotopic (exact) mass is 373 g/mol. The molecule has 3 rings (SSSR count). The van der Waals surface area contributed by atoms with Crippen LogP contribution in [0.2, 0.25) is 7.85 Å². The van der Waals surface area contributed by atoms with Gasteiger partial charge in [-0.15, -0.1) is 0 Å². The molecule has 0 aliphatic carbocycles. The summed E-state index contributed by atoms with van der Waals surface area (Å²) in [5.74, 6) is -1.31. The molecule has 136 valence electrons. The van der Waals surface area contributed by atoms with Crippen LogP contribution in [0.25, 0.3) is 0 Å². The molecule has 0 radical (unpaired) electrons. The van der Waals surface area contributed by atoms with E-state index in [-0.39, 0.29) is 26.1 Å². The van der Waals surface area contributed by atoms with E-state index < -0.39 is 55.1 Å². The fraction of sp³-hybridized carbons (Fsp3) is 0.556. The van der Waals surface area contributed by atoms with Gasteiger partial charge in [0.05, 0.1) is 7.03 Å². The Morgan fingerprint density at radius 3 is 2.80 bits per heavy atom. The summed E-state index contributed by atoms with van der Waals surface area (Å²) in [4.78, 5) is 26.0. The lowest BCUT2D eigenvalue weighted by atomic mass is 9.97. The topological polar surface area (TPSA) is 70.7 Å². The number of likely N-dealkylation sites (tertiary alicyclic amines) is 1. The van der Waals surface area contributed by atoms with E-state index in [0.717, 1.165) is 0 Å². The smallest absolute Gasteiger partial charge is 0.410 e. The van der Waals surface area contributed by atoms with Gasteiger partial charge >= 0.3 is 6.09 Å². The molecule has 6 nitrogen and oxygen atoms in total. The lowest BCUT2D eigenvalue weighted by Crippen LogP contribution is -2.58. The first kappa shape index (κ1) is 10.4. The van der Waals surface area contributed by atoms with E-state index in [4.69, 9.17) is 27.4 Å². The summed E-state index contributed by atoms with van der Waals surface area (Å²) in [5.41, 5.74) is -3.86. The normalized spacial score (nSPS) is 42.4. The van der Waals surface area contributed by atoms with Gasteiger partial charge in [0.1, 0.15) is 13.0 Å². The van der Waals surface area contributed by atoms with Crippen molar-refractivity contribution in [3.8, 4) is 0 Å². The highest BCUT2D eigenvalue weighted by molar-refractivity contribution is 6.30. The third kappa shape index (κ3) is 4.07. The molecule has 1 aromatic carbocycles. The number of carbonyl (C=O) groups is 2. The van der Waals surface area contributed by atoms with E-state index in [0.29, 0.717) is 0 Å². The predicted octanol–water partition coefficient (Wildman–Crippen LogP) is 2.83. The molecule has 2 fully saturated rings. The molecule has 2 heterocycles. The molecular weight excluding hydrogens is 342 g/mol. The molecule has 2 aliphatic heterocycles. The zero-order valence-corrected chi connectivity index (χ0v) is 14.8. The number of benzene rings is 1. The first-order valence-electron chi connectivity index (χ1n) is 11.7. The quantitative estimate of drug-likeness (QED) is 0.794. The Morgan fingerprint density at radius 2 is 2.16 bits per heavy atom. The van der Waals surface area contributed by atoms with Gasteiger partial charge < -0.3 is 14.9 Å². The maximum absolute atomic E-state index is 13.1. The van der Waals surface area contributed by atoms with Crippen molar-refractivity contribution in [2.45, 2.75) is 50.8 Å². The van der Waals surface area contributed by atoms with Crippen molar-refractivity contribution in [1.29, 1.82) is 0 Å². The van der Waals surface area contributed by atoms with Gasteiger partial charge in [-0.3, -0.25) is 10.1 Å². The van der Waals surface area contributed by atoms with Crippen LogP contribution in [0, 0.1) is 0 Å². The zero-order chi connectivity index (χ0) is 25.4. The van der Waals surface area contributed by atoms with Crippen molar-refractivity contribution in [3.63, 3.8) is 0 Å². The van der Waals surface area contributed by atoms with Crippen LogP contribution in [0.3, 0.4) is 0 Å². The minimum absolute atomic E-state index is 0.0490. The summed E-state index contributed by atoms with van der Waals surface area (Å²) in [5, 5.41) is 0.544. The standard InChI is InChI=1S/C18H24ClN3O3/c1-17(2,3)25-16(24)22-10-8-18(9-11-22)20-14(15(23)21-18)12-4-6-13(19)7-5-12/h4-7,14,20H,8-11H2,1-3H3,(H,21,23)/i8D2,10D2,11D,14D/hD2. The highest BCUT2D eigenvalue weighted by atomic mass is 35.5.